The van der Waals surface area contributed by atoms with Crippen molar-refractivity contribution in [3.63, 3.8) is 0 Å². The molecule has 0 bridgehead atoms. The largest absolute Gasteiger partial charge is 0.486 e. The molecular weight excluding hydrogens is 256 g/mol. The van der Waals surface area contributed by atoms with E-state index < -0.39 is 0 Å². The van der Waals surface area contributed by atoms with Crippen molar-refractivity contribution < 1.29 is 14.3 Å². The van der Waals surface area contributed by atoms with E-state index >= 15 is 0 Å². The van der Waals surface area contributed by atoms with Crippen LogP contribution in [0.1, 0.15) is 6.92 Å². The zero-order valence-electron chi connectivity index (χ0n) is 11.6. The summed E-state index contributed by atoms with van der Waals surface area (Å²) in [6.45, 7) is 4.72. The molecule has 2 aliphatic heterocycles. The number of para-hydroxylation sites is 2. The van der Waals surface area contributed by atoms with Crippen molar-refractivity contribution in [3.05, 3.63) is 24.3 Å². The number of amides is 1. The van der Waals surface area contributed by atoms with E-state index in [1.165, 1.54) is 0 Å². The fraction of sp³-hybridized carbons (Fsp3) is 0.533. The van der Waals surface area contributed by atoms with E-state index in [-0.39, 0.29) is 17.9 Å². The topological polar surface area (TPSA) is 59.6 Å². The second-order valence-electron chi connectivity index (χ2n) is 5.48. The number of carbonyl (C=O) groups excluding carboxylic acids is 1. The van der Waals surface area contributed by atoms with Crippen LogP contribution in [-0.4, -0.2) is 38.3 Å². The van der Waals surface area contributed by atoms with Crippen molar-refractivity contribution in [3.8, 4) is 11.5 Å². The number of rotatable bonds is 3. The standard InChI is InChI=1S/C15H20N2O3/c1-10-6-16-8-12(10)15(18)17-7-11-9-19-13-4-2-3-5-14(13)20-11/h2-5,10-12,16H,6-9H2,1H3,(H,17,18). The van der Waals surface area contributed by atoms with Gasteiger partial charge in [0.05, 0.1) is 12.5 Å². The maximum absolute atomic E-state index is 12.1. The Balaban J connectivity index is 1.51. The first-order valence-electron chi connectivity index (χ1n) is 7.11. The smallest absolute Gasteiger partial charge is 0.224 e. The zero-order valence-corrected chi connectivity index (χ0v) is 11.6. The van der Waals surface area contributed by atoms with Crippen molar-refractivity contribution in [2.75, 3.05) is 26.2 Å². The lowest BCUT2D eigenvalue weighted by molar-refractivity contribution is -0.125. The zero-order chi connectivity index (χ0) is 13.9. The van der Waals surface area contributed by atoms with Gasteiger partial charge in [0.25, 0.3) is 0 Å². The SMILES string of the molecule is CC1CNCC1C(=O)NCC1COc2ccccc2O1. The summed E-state index contributed by atoms with van der Waals surface area (Å²) in [6.07, 6.45) is -0.126. The molecule has 0 aliphatic carbocycles. The molecule has 1 fully saturated rings. The monoisotopic (exact) mass is 276 g/mol. The number of ether oxygens (including phenoxy) is 2. The molecule has 3 rings (SSSR count). The fourth-order valence-electron chi connectivity index (χ4n) is 2.67. The van der Waals surface area contributed by atoms with Crippen LogP contribution >= 0.6 is 0 Å². The molecule has 20 heavy (non-hydrogen) atoms. The van der Waals surface area contributed by atoms with Gasteiger partial charge in [-0.3, -0.25) is 4.79 Å². The van der Waals surface area contributed by atoms with Gasteiger partial charge in [-0.05, 0) is 24.6 Å². The van der Waals surface area contributed by atoms with Crippen LogP contribution in [0.5, 0.6) is 11.5 Å². The number of hydrogen-bond acceptors (Lipinski definition) is 4. The Morgan fingerprint density at radius 2 is 2.15 bits per heavy atom. The van der Waals surface area contributed by atoms with Crippen LogP contribution in [0, 0.1) is 11.8 Å². The molecule has 0 radical (unpaired) electrons. The molecule has 2 N–H and O–H groups in total. The van der Waals surface area contributed by atoms with Gasteiger partial charge in [0, 0.05) is 6.54 Å². The maximum atomic E-state index is 12.1. The molecular formula is C15H20N2O3. The highest BCUT2D eigenvalue weighted by molar-refractivity contribution is 5.79. The van der Waals surface area contributed by atoms with E-state index in [1.54, 1.807) is 0 Å². The molecule has 0 spiro atoms. The lowest BCUT2D eigenvalue weighted by Gasteiger charge is -2.27. The second kappa shape index (κ2) is 5.71. The number of nitrogens with one attached hydrogen (secondary N) is 2. The quantitative estimate of drug-likeness (QED) is 0.857. The van der Waals surface area contributed by atoms with Crippen LogP contribution in [0.15, 0.2) is 24.3 Å². The molecule has 3 atom stereocenters. The molecule has 0 aromatic heterocycles. The highest BCUT2D eigenvalue weighted by Crippen LogP contribution is 2.30. The van der Waals surface area contributed by atoms with E-state index in [0.29, 0.717) is 19.1 Å². The number of hydrogen-bond donors (Lipinski definition) is 2. The first-order valence-corrected chi connectivity index (χ1v) is 7.11. The number of fused-ring (bicyclic) bond motifs is 1. The molecule has 108 valence electrons. The van der Waals surface area contributed by atoms with Gasteiger partial charge in [0.1, 0.15) is 12.7 Å². The van der Waals surface area contributed by atoms with Gasteiger partial charge in [-0.15, -0.1) is 0 Å². The molecule has 2 heterocycles. The molecule has 1 saturated heterocycles. The van der Waals surface area contributed by atoms with Crippen molar-refractivity contribution >= 4 is 5.91 Å². The van der Waals surface area contributed by atoms with Crippen LogP contribution in [0.4, 0.5) is 0 Å². The van der Waals surface area contributed by atoms with Gasteiger partial charge in [0.2, 0.25) is 5.91 Å². The third kappa shape index (κ3) is 2.72. The summed E-state index contributed by atoms with van der Waals surface area (Å²) in [5.41, 5.74) is 0. The fourth-order valence-corrected chi connectivity index (χ4v) is 2.67. The summed E-state index contributed by atoms with van der Waals surface area (Å²) in [4.78, 5) is 12.1. The van der Waals surface area contributed by atoms with E-state index in [2.05, 4.69) is 17.6 Å². The van der Waals surface area contributed by atoms with Gasteiger partial charge in [-0.25, -0.2) is 0 Å². The minimum absolute atomic E-state index is 0.0618. The summed E-state index contributed by atoms with van der Waals surface area (Å²) >= 11 is 0. The summed E-state index contributed by atoms with van der Waals surface area (Å²) in [5.74, 6) is 2.06. The van der Waals surface area contributed by atoms with Crippen LogP contribution in [0.3, 0.4) is 0 Å². The first-order chi connectivity index (χ1) is 9.74. The highest BCUT2D eigenvalue weighted by atomic mass is 16.6. The van der Waals surface area contributed by atoms with Crippen molar-refractivity contribution in [1.29, 1.82) is 0 Å². The molecule has 3 unspecified atom stereocenters. The molecule has 1 aromatic rings. The Labute approximate surface area is 118 Å². The second-order valence-corrected chi connectivity index (χ2v) is 5.48. The van der Waals surface area contributed by atoms with E-state index in [1.807, 2.05) is 24.3 Å². The summed E-state index contributed by atoms with van der Waals surface area (Å²) in [6, 6.07) is 7.59. The predicted molar refractivity (Wildman–Crippen MR) is 74.9 cm³/mol. The van der Waals surface area contributed by atoms with Gasteiger partial charge in [-0.2, -0.15) is 0 Å². The Morgan fingerprint density at radius 3 is 2.90 bits per heavy atom. The molecule has 2 aliphatic rings. The van der Waals surface area contributed by atoms with Gasteiger partial charge < -0.3 is 20.1 Å². The van der Waals surface area contributed by atoms with Crippen molar-refractivity contribution in [2.45, 2.75) is 13.0 Å². The number of benzene rings is 1. The van der Waals surface area contributed by atoms with Gasteiger partial charge >= 0.3 is 0 Å². The van der Waals surface area contributed by atoms with Crippen molar-refractivity contribution in [2.24, 2.45) is 11.8 Å². The lowest BCUT2D eigenvalue weighted by Crippen LogP contribution is -2.43. The van der Waals surface area contributed by atoms with E-state index in [9.17, 15) is 4.79 Å². The normalized spacial score (nSPS) is 28.1. The molecule has 1 amide bonds. The first kappa shape index (κ1) is 13.2. The average molecular weight is 276 g/mol. The van der Waals surface area contributed by atoms with Crippen LogP contribution < -0.4 is 20.1 Å². The van der Waals surface area contributed by atoms with Crippen molar-refractivity contribution in [1.82, 2.24) is 10.6 Å². The summed E-state index contributed by atoms with van der Waals surface area (Å²) in [5, 5.41) is 6.21. The van der Waals surface area contributed by atoms with Gasteiger partial charge in [-0.1, -0.05) is 19.1 Å². The highest BCUT2D eigenvalue weighted by Gasteiger charge is 2.30. The summed E-state index contributed by atoms with van der Waals surface area (Å²) in [7, 11) is 0. The van der Waals surface area contributed by atoms with Crippen LogP contribution in [-0.2, 0) is 4.79 Å². The average Bonchev–Trinajstić information content (AvgIpc) is 2.91. The maximum Gasteiger partial charge on any atom is 0.224 e. The molecule has 5 heteroatoms. The Morgan fingerprint density at radius 1 is 1.35 bits per heavy atom. The Bertz CT molecular complexity index is 492. The summed E-state index contributed by atoms with van der Waals surface area (Å²) < 4.78 is 11.4. The minimum atomic E-state index is -0.126. The third-order valence-electron chi connectivity index (χ3n) is 3.93. The lowest BCUT2D eigenvalue weighted by atomic mass is 9.97. The van der Waals surface area contributed by atoms with Crippen LogP contribution in [0.2, 0.25) is 0 Å². The predicted octanol–water partition coefficient (Wildman–Crippen LogP) is 0.798. The third-order valence-corrected chi connectivity index (χ3v) is 3.93. The molecule has 5 nitrogen and oxygen atoms in total. The molecule has 1 aromatic carbocycles. The minimum Gasteiger partial charge on any atom is -0.486 e. The van der Waals surface area contributed by atoms with Gasteiger partial charge in [0.15, 0.2) is 11.5 Å². The Kier molecular flexibility index (Phi) is 3.78. The van der Waals surface area contributed by atoms with Crippen LogP contribution in [0.25, 0.3) is 0 Å². The van der Waals surface area contributed by atoms with E-state index in [0.717, 1.165) is 24.6 Å². The molecule has 0 saturated carbocycles. The van der Waals surface area contributed by atoms with E-state index in [4.69, 9.17) is 9.47 Å². The Hall–Kier alpha value is -1.75. The number of carbonyl (C=O) groups is 1.